The van der Waals surface area contributed by atoms with E-state index in [9.17, 15) is 5.11 Å². The first kappa shape index (κ1) is 21.0. The number of fused-ring (bicyclic) bond motifs is 1. The number of benzene rings is 1. The van der Waals surface area contributed by atoms with E-state index < -0.39 is 6.10 Å². The Morgan fingerprint density at radius 3 is 2.86 bits per heavy atom. The van der Waals surface area contributed by atoms with Crippen molar-refractivity contribution in [2.24, 2.45) is 4.99 Å². The maximum atomic E-state index is 10.6. The van der Waals surface area contributed by atoms with Gasteiger partial charge in [0.05, 0.1) is 13.2 Å². The minimum Gasteiger partial charge on any atom is -0.386 e. The number of nitrogens with zero attached hydrogens (tertiary/aromatic N) is 2. The molecule has 1 heterocycles. The van der Waals surface area contributed by atoms with Gasteiger partial charge in [-0.15, -0.1) is 11.3 Å². The lowest BCUT2D eigenvalue weighted by Crippen LogP contribution is -2.43. The van der Waals surface area contributed by atoms with Gasteiger partial charge in [0, 0.05) is 48.9 Å². The number of methoxy groups -OCH3 is 1. The van der Waals surface area contributed by atoms with Gasteiger partial charge in [0.2, 0.25) is 0 Å². The van der Waals surface area contributed by atoms with Gasteiger partial charge in [0.1, 0.15) is 6.10 Å². The van der Waals surface area contributed by atoms with Crippen molar-refractivity contribution in [3.63, 3.8) is 0 Å². The number of nitrogens with one attached hydrogen (secondary N) is 2. The number of aliphatic hydroxyl groups excluding tert-OH is 1. The molecule has 0 saturated heterocycles. The van der Waals surface area contributed by atoms with Gasteiger partial charge in [0.25, 0.3) is 0 Å². The number of guanidine groups is 1. The molecule has 6 nitrogen and oxygen atoms in total. The molecular weight excluding hydrogens is 372 g/mol. The number of hydrogen-bond donors (Lipinski definition) is 3. The number of thiophene rings is 1. The molecule has 3 N–H and O–H groups in total. The van der Waals surface area contributed by atoms with Crippen LogP contribution in [0.25, 0.3) is 10.1 Å². The highest BCUT2D eigenvalue weighted by atomic mass is 32.1. The van der Waals surface area contributed by atoms with Crippen LogP contribution in [-0.4, -0.2) is 68.4 Å². The van der Waals surface area contributed by atoms with Crippen molar-refractivity contribution in [2.45, 2.75) is 31.9 Å². The Hall–Kier alpha value is -1.67. The fourth-order valence-electron chi connectivity index (χ4n) is 3.22. The van der Waals surface area contributed by atoms with E-state index in [0.29, 0.717) is 12.6 Å². The normalized spacial score (nSPS) is 15.9. The lowest BCUT2D eigenvalue weighted by molar-refractivity contribution is 0.144. The molecule has 0 amide bonds. The third kappa shape index (κ3) is 6.17. The second-order valence-corrected chi connectivity index (χ2v) is 8.22. The van der Waals surface area contributed by atoms with Crippen LogP contribution in [0.4, 0.5) is 0 Å². The summed E-state index contributed by atoms with van der Waals surface area (Å²) < 4.78 is 6.42. The zero-order valence-corrected chi connectivity index (χ0v) is 17.7. The Morgan fingerprint density at radius 2 is 2.14 bits per heavy atom. The van der Waals surface area contributed by atoms with Crippen LogP contribution >= 0.6 is 11.3 Å². The lowest BCUT2D eigenvalue weighted by Gasteiger charge is -2.22. The molecule has 0 radical (unpaired) electrons. The zero-order chi connectivity index (χ0) is 19.8. The number of aliphatic imine (C=N–C) groups is 1. The highest BCUT2D eigenvalue weighted by molar-refractivity contribution is 7.19. The summed E-state index contributed by atoms with van der Waals surface area (Å²) in [5, 5.41) is 18.4. The molecule has 1 fully saturated rings. The summed E-state index contributed by atoms with van der Waals surface area (Å²) >= 11 is 1.63. The van der Waals surface area contributed by atoms with Crippen LogP contribution in [0.15, 0.2) is 35.3 Å². The molecule has 1 aliphatic carbocycles. The number of rotatable bonds is 11. The summed E-state index contributed by atoms with van der Waals surface area (Å²) in [6.45, 7) is 6.73. The monoisotopic (exact) mass is 404 g/mol. The standard InChI is InChI=1S/C21H32N4O2S/c1-3-22-21(23-10-11-25(12-13-27-2)17-8-9-17)24-15-18(26)20-14-16-6-4-5-7-19(16)28-20/h4-7,14,17-18,26H,3,8-13,15H2,1-2H3,(H2,22,23,24). The van der Waals surface area contributed by atoms with Crippen molar-refractivity contribution < 1.29 is 9.84 Å². The molecule has 7 heteroatoms. The third-order valence-electron chi connectivity index (χ3n) is 4.88. The Bertz CT molecular complexity index is 727. The molecule has 0 bridgehead atoms. The average Bonchev–Trinajstić information content (AvgIpc) is 3.45. The van der Waals surface area contributed by atoms with Crippen LogP contribution in [0.3, 0.4) is 0 Å². The van der Waals surface area contributed by atoms with E-state index >= 15 is 0 Å². The molecule has 1 unspecified atom stereocenters. The van der Waals surface area contributed by atoms with Gasteiger partial charge in [-0.3, -0.25) is 9.89 Å². The summed E-state index contributed by atoms with van der Waals surface area (Å²) in [4.78, 5) is 8.02. The van der Waals surface area contributed by atoms with Crippen LogP contribution in [0.1, 0.15) is 30.7 Å². The van der Waals surface area contributed by atoms with E-state index in [1.54, 1.807) is 18.4 Å². The summed E-state index contributed by atoms with van der Waals surface area (Å²) in [5.74, 6) is 0.755. The Balaban J connectivity index is 1.51. The van der Waals surface area contributed by atoms with Crippen molar-refractivity contribution in [3.05, 3.63) is 35.2 Å². The van der Waals surface area contributed by atoms with Gasteiger partial charge in [-0.25, -0.2) is 0 Å². The van der Waals surface area contributed by atoms with Crippen molar-refractivity contribution >= 4 is 27.4 Å². The van der Waals surface area contributed by atoms with Gasteiger partial charge >= 0.3 is 0 Å². The van der Waals surface area contributed by atoms with Gasteiger partial charge in [0.15, 0.2) is 5.96 Å². The SMILES string of the molecule is CCNC(=NCC(O)c1cc2ccccc2s1)NCCN(CCOC)C1CC1. The predicted octanol–water partition coefficient (Wildman–Crippen LogP) is 2.60. The lowest BCUT2D eigenvalue weighted by atomic mass is 10.2. The minimum atomic E-state index is -0.586. The fourth-order valence-corrected chi connectivity index (χ4v) is 4.26. The largest absolute Gasteiger partial charge is 0.386 e. The summed E-state index contributed by atoms with van der Waals surface area (Å²) in [6, 6.07) is 11.0. The maximum absolute atomic E-state index is 10.6. The molecule has 154 valence electrons. The van der Waals surface area contributed by atoms with E-state index in [1.165, 1.54) is 22.9 Å². The van der Waals surface area contributed by atoms with Crippen LogP contribution in [0, 0.1) is 0 Å². The van der Waals surface area contributed by atoms with Crippen molar-refractivity contribution in [1.29, 1.82) is 0 Å². The Morgan fingerprint density at radius 1 is 1.32 bits per heavy atom. The second-order valence-electron chi connectivity index (χ2n) is 7.11. The Labute approximate surface area is 171 Å². The number of hydrogen-bond acceptors (Lipinski definition) is 5. The molecule has 0 spiro atoms. The van der Waals surface area contributed by atoms with Crippen LogP contribution < -0.4 is 10.6 Å². The quantitative estimate of drug-likeness (QED) is 0.397. The zero-order valence-electron chi connectivity index (χ0n) is 16.9. The predicted molar refractivity (Wildman–Crippen MR) is 117 cm³/mol. The van der Waals surface area contributed by atoms with Gasteiger partial charge in [-0.1, -0.05) is 18.2 Å². The maximum Gasteiger partial charge on any atom is 0.191 e. The summed E-state index contributed by atoms with van der Waals surface area (Å²) in [7, 11) is 1.75. The van der Waals surface area contributed by atoms with Crippen molar-refractivity contribution in [1.82, 2.24) is 15.5 Å². The van der Waals surface area contributed by atoms with Gasteiger partial charge < -0.3 is 20.5 Å². The molecule has 28 heavy (non-hydrogen) atoms. The van der Waals surface area contributed by atoms with Crippen molar-refractivity contribution in [2.75, 3.05) is 46.4 Å². The summed E-state index contributed by atoms with van der Waals surface area (Å²) in [5.41, 5.74) is 0. The molecule has 0 aliphatic heterocycles. The van der Waals surface area contributed by atoms with E-state index in [1.807, 2.05) is 12.1 Å². The van der Waals surface area contributed by atoms with Gasteiger partial charge in [-0.05, 0) is 37.3 Å². The highest BCUT2D eigenvalue weighted by Crippen LogP contribution is 2.29. The summed E-state index contributed by atoms with van der Waals surface area (Å²) in [6.07, 6.45) is 2.00. The first-order chi connectivity index (χ1) is 13.7. The van der Waals surface area contributed by atoms with E-state index in [4.69, 9.17) is 4.74 Å². The second kappa shape index (κ2) is 10.8. The van der Waals surface area contributed by atoms with E-state index in [2.05, 4.69) is 45.6 Å². The first-order valence-electron chi connectivity index (χ1n) is 10.1. The smallest absolute Gasteiger partial charge is 0.191 e. The number of aliphatic hydroxyl groups is 1. The van der Waals surface area contributed by atoms with Gasteiger partial charge in [-0.2, -0.15) is 0 Å². The van der Waals surface area contributed by atoms with E-state index in [0.717, 1.165) is 43.6 Å². The van der Waals surface area contributed by atoms with Crippen molar-refractivity contribution in [3.8, 4) is 0 Å². The molecule has 2 aromatic rings. The molecule has 1 aromatic heterocycles. The molecule has 1 saturated carbocycles. The molecular formula is C21H32N4O2S. The Kier molecular flexibility index (Phi) is 8.09. The van der Waals surface area contributed by atoms with Crippen LogP contribution in [0.5, 0.6) is 0 Å². The molecule has 3 rings (SSSR count). The molecule has 1 atom stereocenters. The first-order valence-corrected chi connectivity index (χ1v) is 10.9. The van der Waals surface area contributed by atoms with Crippen LogP contribution in [0.2, 0.25) is 0 Å². The van der Waals surface area contributed by atoms with Crippen LogP contribution in [-0.2, 0) is 4.74 Å². The number of ether oxygens (including phenoxy) is 1. The highest BCUT2D eigenvalue weighted by Gasteiger charge is 2.28. The fraction of sp³-hybridized carbons (Fsp3) is 0.571. The topological polar surface area (TPSA) is 69.1 Å². The molecule has 1 aliphatic rings. The molecule has 1 aromatic carbocycles. The van der Waals surface area contributed by atoms with E-state index in [-0.39, 0.29) is 0 Å². The third-order valence-corrected chi connectivity index (χ3v) is 6.09. The minimum absolute atomic E-state index is 0.345. The average molecular weight is 405 g/mol.